The van der Waals surface area contributed by atoms with Crippen LogP contribution in [0.25, 0.3) is 0 Å². The largest absolute Gasteiger partial charge is 0.289 e. The summed E-state index contributed by atoms with van der Waals surface area (Å²) >= 11 is 3.41. The molecular formula is C15H16N2O4S3. The van der Waals surface area contributed by atoms with Crippen LogP contribution in [-0.4, -0.2) is 36.5 Å². The van der Waals surface area contributed by atoms with E-state index in [-0.39, 0.29) is 15.8 Å². The van der Waals surface area contributed by atoms with Gasteiger partial charge in [-0.25, -0.2) is 8.42 Å². The number of nitro groups is 1. The quantitative estimate of drug-likeness (QED) is 0.595. The lowest BCUT2D eigenvalue weighted by atomic mass is 10.2. The lowest BCUT2D eigenvalue weighted by Crippen LogP contribution is -2.33. The Kier molecular flexibility index (Phi) is 5.24. The van der Waals surface area contributed by atoms with Crippen LogP contribution in [0.5, 0.6) is 0 Å². The summed E-state index contributed by atoms with van der Waals surface area (Å²) in [5.41, 5.74) is -0.371. The highest BCUT2D eigenvalue weighted by molar-refractivity contribution is 7.99. The Morgan fingerprint density at radius 2 is 1.96 bits per heavy atom. The minimum Gasteiger partial charge on any atom is -0.258 e. The molecule has 2 heterocycles. The summed E-state index contributed by atoms with van der Waals surface area (Å²) in [7, 11) is -3.87. The van der Waals surface area contributed by atoms with Crippen LogP contribution in [0.2, 0.25) is 0 Å². The lowest BCUT2D eigenvalue weighted by molar-refractivity contribution is -0.387. The second kappa shape index (κ2) is 7.22. The summed E-state index contributed by atoms with van der Waals surface area (Å²) in [6.07, 6.45) is 0.699. The fourth-order valence-corrected chi connectivity index (χ4v) is 6.62. The van der Waals surface area contributed by atoms with E-state index in [4.69, 9.17) is 0 Å². The molecule has 3 rings (SSSR count). The molecular weight excluding hydrogens is 368 g/mol. The van der Waals surface area contributed by atoms with Gasteiger partial charge in [0.15, 0.2) is 4.90 Å². The highest BCUT2D eigenvalue weighted by Crippen LogP contribution is 2.38. The third-order valence-corrected chi connectivity index (χ3v) is 8.23. The molecule has 0 radical (unpaired) electrons. The van der Waals surface area contributed by atoms with E-state index < -0.39 is 14.9 Å². The predicted molar refractivity (Wildman–Crippen MR) is 96.0 cm³/mol. The van der Waals surface area contributed by atoms with Gasteiger partial charge in [0.2, 0.25) is 10.0 Å². The molecule has 0 saturated carbocycles. The van der Waals surface area contributed by atoms with Crippen molar-refractivity contribution in [2.45, 2.75) is 16.6 Å². The molecule has 2 aromatic rings. The van der Waals surface area contributed by atoms with E-state index in [0.29, 0.717) is 25.3 Å². The van der Waals surface area contributed by atoms with Crippen LogP contribution >= 0.6 is 23.1 Å². The maximum absolute atomic E-state index is 12.9. The molecule has 1 fully saturated rings. The van der Waals surface area contributed by atoms with Crippen LogP contribution in [0.15, 0.2) is 46.7 Å². The highest BCUT2D eigenvalue weighted by Gasteiger charge is 2.33. The van der Waals surface area contributed by atoms with Crippen molar-refractivity contribution in [3.63, 3.8) is 0 Å². The molecule has 1 saturated heterocycles. The van der Waals surface area contributed by atoms with Gasteiger partial charge in [-0.05, 0) is 23.9 Å². The van der Waals surface area contributed by atoms with Crippen molar-refractivity contribution in [3.05, 3.63) is 56.8 Å². The minimum atomic E-state index is -3.87. The molecule has 0 amide bonds. The number of thioether (sulfide) groups is 1. The molecule has 24 heavy (non-hydrogen) atoms. The number of nitrogens with zero attached hydrogens (tertiary/aromatic N) is 2. The number of nitro benzene ring substituents is 1. The number of sulfonamides is 1. The van der Waals surface area contributed by atoms with Crippen LogP contribution in [0, 0.1) is 10.1 Å². The number of hydrogen-bond acceptors (Lipinski definition) is 6. The van der Waals surface area contributed by atoms with Gasteiger partial charge in [0.05, 0.1) is 4.92 Å². The van der Waals surface area contributed by atoms with Gasteiger partial charge in [0.1, 0.15) is 0 Å². The van der Waals surface area contributed by atoms with E-state index in [9.17, 15) is 18.5 Å². The standard InChI is InChI=1S/C15H16N2O4S3/c18-17(19)12-4-1-2-6-15(12)24(20,21)16-8-7-14(23-11-9-16)13-5-3-10-22-13/h1-6,10,14H,7-9,11H2. The zero-order valence-electron chi connectivity index (χ0n) is 12.7. The average molecular weight is 385 g/mol. The van der Waals surface area contributed by atoms with E-state index in [1.54, 1.807) is 23.1 Å². The Balaban J connectivity index is 1.85. The van der Waals surface area contributed by atoms with Gasteiger partial charge >= 0.3 is 0 Å². The number of benzene rings is 1. The van der Waals surface area contributed by atoms with Crippen LogP contribution in [0.4, 0.5) is 5.69 Å². The van der Waals surface area contributed by atoms with Crippen LogP contribution < -0.4 is 0 Å². The van der Waals surface area contributed by atoms with Gasteiger partial charge < -0.3 is 0 Å². The molecule has 0 spiro atoms. The van der Waals surface area contributed by atoms with Gasteiger partial charge in [-0.15, -0.1) is 11.3 Å². The van der Waals surface area contributed by atoms with Crippen LogP contribution in [0.1, 0.15) is 16.5 Å². The van der Waals surface area contributed by atoms with Crippen molar-refractivity contribution in [2.75, 3.05) is 18.8 Å². The Morgan fingerprint density at radius 3 is 2.67 bits per heavy atom. The highest BCUT2D eigenvalue weighted by atomic mass is 32.2. The molecule has 0 N–H and O–H groups in total. The van der Waals surface area contributed by atoms with Gasteiger partial charge in [-0.3, -0.25) is 10.1 Å². The zero-order chi connectivity index (χ0) is 17.2. The monoisotopic (exact) mass is 384 g/mol. The van der Waals surface area contributed by atoms with Crippen LogP contribution in [-0.2, 0) is 10.0 Å². The van der Waals surface area contributed by atoms with Crippen LogP contribution in [0.3, 0.4) is 0 Å². The zero-order valence-corrected chi connectivity index (χ0v) is 15.1. The maximum Gasteiger partial charge on any atom is 0.289 e. The van der Waals surface area contributed by atoms with E-state index in [2.05, 4.69) is 6.07 Å². The molecule has 128 valence electrons. The first-order valence-electron chi connectivity index (χ1n) is 7.39. The molecule has 0 bridgehead atoms. The predicted octanol–water partition coefficient (Wildman–Crippen LogP) is 3.53. The Labute approximate surface area is 148 Å². The third-order valence-electron chi connectivity index (χ3n) is 3.84. The first kappa shape index (κ1) is 17.4. The first-order valence-corrected chi connectivity index (χ1v) is 10.8. The molecule has 0 aliphatic carbocycles. The second-order valence-electron chi connectivity index (χ2n) is 5.29. The molecule has 1 aliphatic heterocycles. The summed E-state index contributed by atoms with van der Waals surface area (Å²) < 4.78 is 27.1. The summed E-state index contributed by atoms with van der Waals surface area (Å²) in [6.45, 7) is 0.727. The van der Waals surface area contributed by atoms with E-state index in [0.717, 1.165) is 0 Å². The van der Waals surface area contributed by atoms with Gasteiger partial charge in [-0.2, -0.15) is 16.1 Å². The number of hydrogen-bond donors (Lipinski definition) is 0. The first-order chi connectivity index (χ1) is 11.5. The molecule has 1 aromatic heterocycles. The van der Waals surface area contributed by atoms with E-state index in [1.807, 2.05) is 11.4 Å². The Hall–Kier alpha value is -1.42. The lowest BCUT2D eigenvalue weighted by Gasteiger charge is -2.19. The van der Waals surface area contributed by atoms with E-state index in [1.165, 1.54) is 33.4 Å². The molecule has 1 atom stereocenters. The second-order valence-corrected chi connectivity index (χ2v) is 9.49. The summed E-state index contributed by atoms with van der Waals surface area (Å²) in [4.78, 5) is 11.5. The Morgan fingerprint density at radius 1 is 1.17 bits per heavy atom. The van der Waals surface area contributed by atoms with E-state index >= 15 is 0 Å². The molecule has 6 nitrogen and oxygen atoms in total. The summed E-state index contributed by atoms with van der Waals surface area (Å²) in [5, 5.41) is 13.4. The van der Waals surface area contributed by atoms with Crippen molar-refractivity contribution < 1.29 is 13.3 Å². The number of thiophene rings is 1. The fourth-order valence-electron chi connectivity index (χ4n) is 2.66. The molecule has 1 aliphatic rings. The smallest absolute Gasteiger partial charge is 0.258 e. The maximum atomic E-state index is 12.9. The fraction of sp³-hybridized carbons (Fsp3) is 0.333. The van der Waals surface area contributed by atoms with Crippen molar-refractivity contribution in [1.82, 2.24) is 4.31 Å². The van der Waals surface area contributed by atoms with Gasteiger partial charge in [0.25, 0.3) is 5.69 Å². The van der Waals surface area contributed by atoms with Gasteiger partial charge in [-0.1, -0.05) is 18.2 Å². The molecule has 9 heteroatoms. The van der Waals surface area contributed by atoms with Crippen molar-refractivity contribution in [1.29, 1.82) is 0 Å². The normalized spacial score (nSPS) is 19.8. The van der Waals surface area contributed by atoms with Gasteiger partial charge in [0, 0.05) is 35.0 Å². The molecule has 1 aromatic carbocycles. The van der Waals surface area contributed by atoms with Crippen molar-refractivity contribution in [2.24, 2.45) is 0 Å². The minimum absolute atomic E-state index is 0.227. The average Bonchev–Trinajstić information content (AvgIpc) is 2.98. The number of para-hydroxylation sites is 1. The summed E-state index contributed by atoms with van der Waals surface area (Å²) in [5.74, 6) is 0.669. The SMILES string of the molecule is O=[N+]([O-])c1ccccc1S(=O)(=O)N1CCSC(c2cccs2)CC1. The third kappa shape index (κ3) is 3.49. The topological polar surface area (TPSA) is 80.5 Å². The molecule has 1 unspecified atom stereocenters. The van der Waals surface area contributed by atoms with Crippen molar-refractivity contribution in [3.8, 4) is 0 Å². The number of rotatable bonds is 4. The Bertz CT molecular complexity index is 821. The van der Waals surface area contributed by atoms with Crippen molar-refractivity contribution >= 4 is 38.8 Å². The summed E-state index contributed by atoms with van der Waals surface area (Å²) in [6, 6.07) is 9.58.